The van der Waals surface area contributed by atoms with Crippen LogP contribution in [-0.2, 0) is 4.74 Å². The summed E-state index contributed by atoms with van der Waals surface area (Å²) in [5, 5.41) is 3.72. The second-order valence-corrected chi connectivity index (χ2v) is 7.58. The highest BCUT2D eigenvalue weighted by molar-refractivity contribution is 4.86. The Hall–Kier alpha value is -0.120. The molecule has 0 bridgehead atoms. The Morgan fingerprint density at radius 3 is 2.40 bits per heavy atom. The maximum Gasteiger partial charge on any atom is 0.0673 e. The molecule has 1 saturated heterocycles. The smallest absolute Gasteiger partial charge is 0.0673 e. The van der Waals surface area contributed by atoms with Gasteiger partial charge in [0.15, 0.2) is 0 Å². The molecule has 0 spiro atoms. The van der Waals surface area contributed by atoms with E-state index in [4.69, 9.17) is 4.74 Å². The molecule has 1 rings (SSSR count). The van der Waals surface area contributed by atoms with Crippen molar-refractivity contribution in [1.82, 2.24) is 10.2 Å². The lowest BCUT2D eigenvalue weighted by Crippen LogP contribution is -2.49. The summed E-state index contributed by atoms with van der Waals surface area (Å²) in [6, 6.07) is 0. The van der Waals surface area contributed by atoms with Crippen molar-refractivity contribution in [2.24, 2.45) is 5.41 Å². The molecule has 0 aromatic heterocycles. The summed E-state index contributed by atoms with van der Waals surface area (Å²) in [6.45, 7) is 19.1. The monoisotopic (exact) mass is 284 g/mol. The van der Waals surface area contributed by atoms with E-state index in [1.54, 1.807) is 0 Å². The third-order valence-electron chi connectivity index (χ3n) is 4.59. The van der Waals surface area contributed by atoms with Crippen LogP contribution in [-0.4, -0.2) is 49.3 Å². The predicted octanol–water partition coefficient (Wildman–Crippen LogP) is 3.29. The first-order chi connectivity index (χ1) is 9.30. The molecule has 0 aromatic rings. The quantitative estimate of drug-likeness (QED) is 0.810. The Balaban J connectivity index is 2.64. The van der Waals surface area contributed by atoms with Crippen LogP contribution in [0.2, 0.25) is 0 Å². The minimum atomic E-state index is 0.199. The molecule has 3 nitrogen and oxygen atoms in total. The van der Waals surface area contributed by atoms with Gasteiger partial charge in [-0.1, -0.05) is 13.8 Å². The maximum absolute atomic E-state index is 5.77. The van der Waals surface area contributed by atoms with Crippen molar-refractivity contribution >= 4 is 0 Å². The van der Waals surface area contributed by atoms with Crippen molar-refractivity contribution in [2.75, 3.05) is 32.8 Å². The van der Waals surface area contributed by atoms with E-state index in [9.17, 15) is 0 Å². The molecule has 120 valence electrons. The molecule has 0 radical (unpaired) electrons. The van der Waals surface area contributed by atoms with Crippen molar-refractivity contribution in [3.05, 3.63) is 0 Å². The molecule has 0 aliphatic carbocycles. The van der Waals surface area contributed by atoms with Crippen LogP contribution in [0.25, 0.3) is 0 Å². The summed E-state index contributed by atoms with van der Waals surface area (Å²) in [7, 11) is 0. The summed E-state index contributed by atoms with van der Waals surface area (Å²) < 4.78 is 5.77. The molecule has 1 heterocycles. The fraction of sp³-hybridized carbons (Fsp3) is 1.00. The highest BCUT2D eigenvalue weighted by Crippen LogP contribution is 2.28. The SMILES string of the molecule is CCC(CC)(CNC(C)(C)C)CN1CCCOC(C)C1. The van der Waals surface area contributed by atoms with Gasteiger partial charge in [-0.15, -0.1) is 0 Å². The van der Waals surface area contributed by atoms with Crippen molar-refractivity contribution < 1.29 is 4.74 Å². The van der Waals surface area contributed by atoms with Crippen LogP contribution >= 0.6 is 0 Å². The molecular weight excluding hydrogens is 248 g/mol. The first-order valence-electron chi connectivity index (χ1n) is 8.39. The van der Waals surface area contributed by atoms with Gasteiger partial charge in [-0.3, -0.25) is 0 Å². The Labute approximate surface area is 126 Å². The number of rotatable bonds is 6. The van der Waals surface area contributed by atoms with E-state index in [2.05, 4.69) is 51.8 Å². The van der Waals surface area contributed by atoms with Gasteiger partial charge in [-0.25, -0.2) is 0 Å². The van der Waals surface area contributed by atoms with Crippen molar-refractivity contribution in [3.8, 4) is 0 Å². The predicted molar refractivity (Wildman–Crippen MR) is 87.2 cm³/mol. The van der Waals surface area contributed by atoms with Gasteiger partial charge in [-0.2, -0.15) is 0 Å². The summed E-state index contributed by atoms with van der Waals surface area (Å²) in [4.78, 5) is 2.62. The molecular formula is C17H36N2O. The molecule has 1 atom stereocenters. The van der Waals surface area contributed by atoms with Crippen LogP contribution in [0.1, 0.15) is 60.8 Å². The average molecular weight is 284 g/mol. The van der Waals surface area contributed by atoms with Crippen molar-refractivity contribution in [2.45, 2.75) is 72.4 Å². The summed E-state index contributed by atoms with van der Waals surface area (Å²) in [6.07, 6.45) is 4.01. The van der Waals surface area contributed by atoms with Crippen LogP contribution < -0.4 is 5.32 Å². The first kappa shape index (κ1) is 17.9. The number of hydrogen-bond donors (Lipinski definition) is 1. The van der Waals surface area contributed by atoms with Gasteiger partial charge < -0.3 is 15.0 Å². The van der Waals surface area contributed by atoms with Crippen LogP contribution in [0.15, 0.2) is 0 Å². The average Bonchev–Trinajstić information content (AvgIpc) is 2.58. The van der Waals surface area contributed by atoms with Crippen molar-refractivity contribution in [3.63, 3.8) is 0 Å². The molecule has 3 heteroatoms. The van der Waals surface area contributed by atoms with Gasteiger partial charge in [-0.05, 0) is 52.4 Å². The van der Waals surface area contributed by atoms with E-state index in [1.807, 2.05) is 0 Å². The van der Waals surface area contributed by atoms with Crippen LogP contribution in [0.4, 0.5) is 0 Å². The van der Waals surface area contributed by atoms with Crippen molar-refractivity contribution in [1.29, 1.82) is 0 Å². The van der Waals surface area contributed by atoms with E-state index in [0.29, 0.717) is 11.5 Å². The topological polar surface area (TPSA) is 24.5 Å². The minimum absolute atomic E-state index is 0.199. The van der Waals surface area contributed by atoms with E-state index < -0.39 is 0 Å². The lowest BCUT2D eigenvalue weighted by molar-refractivity contribution is 0.0562. The molecule has 0 saturated carbocycles. The second-order valence-electron chi connectivity index (χ2n) is 7.58. The lowest BCUT2D eigenvalue weighted by Gasteiger charge is -2.39. The number of ether oxygens (including phenoxy) is 1. The van der Waals surface area contributed by atoms with E-state index in [0.717, 1.165) is 19.7 Å². The van der Waals surface area contributed by atoms with Gasteiger partial charge in [0.2, 0.25) is 0 Å². The molecule has 1 N–H and O–H groups in total. The molecule has 0 aromatic carbocycles. The summed E-state index contributed by atoms with van der Waals surface area (Å²) in [5.41, 5.74) is 0.585. The molecule has 0 amide bonds. The maximum atomic E-state index is 5.77. The second kappa shape index (κ2) is 7.77. The van der Waals surface area contributed by atoms with Crippen LogP contribution in [0.5, 0.6) is 0 Å². The van der Waals surface area contributed by atoms with Gasteiger partial charge >= 0.3 is 0 Å². The zero-order chi connectivity index (χ0) is 15.2. The zero-order valence-corrected chi connectivity index (χ0v) is 14.6. The highest BCUT2D eigenvalue weighted by atomic mass is 16.5. The minimum Gasteiger partial charge on any atom is -0.377 e. The Bertz CT molecular complexity index is 269. The van der Waals surface area contributed by atoms with Crippen LogP contribution in [0.3, 0.4) is 0 Å². The third-order valence-corrected chi connectivity index (χ3v) is 4.59. The summed E-state index contributed by atoms with van der Waals surface area (Å²) in [5.74, 6) is 0. The zero-order valence-electron chi connectivity index (χ0n) is 14.6. The lowest BCUT2D eigenvalue weighted by atomic mass is 9.80. The molecule has 1 unspecified atom stereocenters. The largest absolute Gasteiger partial charge is 0.377 e. The fourth-order valence-electron chi connectivity index (χ4n) is 2.93. The third kappa shape index (κ3) is 6.11. The molecule has 1 aliphatic heterocycles. The number of nitrogens with one attached hydrogen (secondary N) is 1. The molecule has 1 aliphatic rings. The highest BCUT2D eigenvalue weighted by Gasteiger charge is 2.31. The molecule has 1 fully saturated rings. The standard InChI is InChI=1S/C17H36N2O/c1-7-17(8-2,13-18-16(4,5)6)14-19-10-9-11-20-15(3)12-19/h15,18H,7-14H2,1-6H3. The normalized spacial score (nSPS) is 22.8. The first-order valence-corrected chi connectivity index (χ1v) is 8.39. The fourth-order valence-corrected chi connectivity index (χ4v) is 2.93. The van der Waals surface area contributed by atoms with E-state index in [-0.39, 0.29) is 5.54 Å². The molecule has 20 heavy (non-hydrogen) atoms. The van der Waals surface area contributed by atoms with Gasteiger partial charge in [0.05, 0.1) is 6.10 Å². The number of nitrogens with zero attached hydrogens (tertiary/aromatic N) is 1. The van der Waals surface area contributed by atoms with Gasteiger partial charge in [0, 0.05) is 38.3 Å². The Morgan fingerprint density at radius 1 is 1.20 bits per heavy atom. The van der Waals surface area contributed by atoms with E-state index >= 15 is 0 Å². The summed E-state index contributed by atoms with van der Waals surface area (Å²) >= 11 is 0. The van der Waals surface area contributed by atoms with Crippen LogP contribution in [0, 0.1) is 5.41 Å². The van der Waals surface area contributed by atoms with Gasteiger partial charge in [0.1, 0.15) is 0 Å². The Kier molecular flexibility index (Phi) is 6.96. The number of hydrogen-bond acceptors (Lipinski definition) is 3. The Morgan fingerprint density at radius 2 is 1.85 bits per heavy atom. The van der Waals surface area contributed by atoms with E-state index in [1.165, 1.54) is 32.4 Å². The van der Waals surface area contributed by atoms with Gasteiger partial charge in [0.25, 0.3) is 0 Å².